The van der Waals surface area contributed by atoms with E-state index < -0.39 is 0 Å². The summed E-state index contributed by atoms with van der Waals surface area (Å²) in [4.78, 5) is 58.0. The number of aromatic amines is 2. The maximum absolute atomic E-state index is 13.0. The predicted octanol–water partition coefficient (Wildman–Crippen LogP) is 3.01. The first-order valence-electron chi connectivity index (χ1n) is 10.6. The Hall–Kier alpha value is -3.64. The third kappa shape index (κ3) is 2.98. The zero-order chi connectivity index (χ0) is 23.7. The number of amides is 2. The Morgan fingerprint density at radius 2 is 1.09 bits per heavy atom. The highest BCUT2D eigenvalue weighted by Crippen LogP contribution is 2.47. The van der Waals surface area contributed by atoms with Crippen LogP contribution in [0.1, 0.15) is 13.8 Å². The molecular weight excluding hydrogens is 476 g/mol. The summed E-state index contributed by atoms with van der Waals surface area (Å²) in [6.45, 7) is 4.79. The normalized spacial score (nSPS) is 17.6. The third-order valence-electron chi connectivity index (χ3n) is 5.92. The van der Waals surface area contributed by atoms with Crippen LogP contribution in [0.2, 0.25) is 0 Å². The second-order valence-electron chi connectivity index (χ2n) is 7.85. The second-order valence-corrected chi connectivity index (χ2v) is 9.95. The molecule has 12 heteroatoms. The van der Waals surface area contributed by atoms with Crippen LogP contribution in [0, 0.1) is 0 Å². The van der Waals surface area contributed by atoms with E-state index in [0.29, 0.717) is 35.5 Å². The number of carbonyl (C=O) groups is 2. The van der Waals surface area contributed by atoms with Gasteiger partial charge < -0.3 is 20.6 Å². The van der Waals surface area contributed by atoms with E-state index in [2.05, 4.69) is 20.6 Å². The van der Waals surface area contributed by atoms with Crippen LogP contribution in [-0.4, -0.2) is 30.9 Å². The Labute approximate surface area is 199 Å². The number of nitrogens with one attached hydrogen (secondary N) is 4. The molecule has 2 aromatic carbocycles. The van der Waals surface area contributed by atoms with Gasteiger partial charge in [-0.15, -0.1) is 0 Å². The number of benzene rings is 2. The summed E-state index contributed by atoms with van der Waals surface area (Å²) >= 11 is 2.41. The first-order valence-corrected chi connectivity index (χ1v) is 12.3. The van der Waals surface area contributed by atoms with Crippen molar-refractivity contribution in [2.45, 2.75) is 36.7 Å². The van der Waals surface area contributed by atoms with Crippen molar-refractivity contribution in [3.05, 3.63) is 55.0 Å². The minimum atomic E-state index is -0.386. The molecule has 10 nitrogen and oxygen atoms in total. The highest BCUT2D eigenvalue weighted by Gasteiger charge is 2.32. The van der Waals surface area contributed by atoms with E-state index in [1.54, 1.807) is 21.3 Å². The van der Waals surface area contributed by atoms with Crippen LogP contribution in [0.5, 0.6) is 0 Å². The number of aromatic nitrogens is 4. The molecule has 0 saturated heterocycles. The molecule has 34 heavy (non-hydrogen) atoms. The zero-order valence-corrected chi connectivity index (χ0v) is 19.7. The van der Waals surface area contributed by atoms with Crippen LogP contribution >= 0.6 is 23.5 Å². The monoisotopic (exact) mass is 494 g/mol. The summed E-state index contributed by atoms with van der Waals surface area (Å²) in [5.74, 6) is -0.771. The van der Waals surface area contributed by atoms with Gasteiger partial charge in [0.25, 0.3) is 11.8 Å². The molecule has 4 N–H and O–H groups in total. The van der Waals surface area contributed by atoms with Crippen molar-refractivity contribution in [2.24, 2.45) is 0 Å². The Morgan fingerprint density at radius 3 is 1.47 bits per heavy atom. The average molecular weight is 495 g/mol. The fraction of sp³-hybridized carbons (Fsp3) is 0.182. The summed E-state index contributed by atoms with van der Waals surface area (Å²) < 4.78 is 3.24. The van der Waals surface area contributed by atoms with Crippen LogP contribution in [0.15, 0.2) is 53.5 Å². The highest BCUT2D eigenvalue weighted by atomic mass is 32.2. The lowest BCUT2D eigenvalue weighted by molar-refractivity contribution is -0.114. The summed E-state index contributed by atoms with van der Waals surface area (Å²) in [5.41, 5.74) is 3.48. The minimum Gasteiger partial charge on any atom is -0.320 e. The topological polar surface area (TPSA) is 134 Å². The van der Waals surface area contributed by atoms with Crippen molar-refractivity contribution in [1.29, 1.82) is 0 Å². The van der Waals surface area contributed by atoms with Crippen molar-refractivity contribution < 1.29 is 9.59 Å². The number of fused-ring (bicyclic) bond motifs is 4. The van der Waals surface area contributed by atoms with Crippen LogP contribution < -0.4 is 22.0 Å². The minimum absolute atomic E-state index is 0.213. The fourth-order valence-electron chi connectivity index (χ4n) is 4.33. The number of carbonyl (C=O) groups excluding carboxylic acids is 2. The Kier molecular flexibility index (Phi) is 4.58. The van der Waals surface area contributed by atoms with Crippen molar-refractivity contribution in [3.8, 4) is 0 Å². The van der Waals surface area contributed by atoms with Crippen LogP contribution in [0.3, 0.4) is 0 Å². The van der Waals surface area contributed by atoms with Gasteiger partial charge in [-0.25, -0.2) is 9.59 Å². The molecule has 0 radical (unpaired) electrons. The van der Waals surface area contributed by atoms with Crippen molar-refractivity contribution in [2.75, 3.05) is 10.6 Å². The Bertz CT molecular complexity index is 1600. The SMILES string of the molecule is CCn1c(=O)[nH]c2cc3c(cc21)S/C(=C1/Sc2cc4c(cc2NC1=O)[nH]c(=O)n4CC)C(=O)N3. The van der Waals surface area contributed by atoms with E-state index in [-0.39, 0.29) is 33.0 Å². The van der Waals surface area contributed by atoms with Crippen molar-refractivity contribution in [1.82, 2.24) is 19.1 Å². The van der Waals surface area contributed by atoms with Gasteiger partial charge >= 0.3 is 11.4 Å². The van der Waals surface area contributed by atoms with Gasteiger partial charge in [-0.1, -0.05) is 23.5 Å². The number of anilines is 2. The number of hydrogen-bond donors (Lipinski definition) is 4. The standard InChI is InChI=1S/C22H18N6O4S2/c1-3-27-13-7-15-11(5-9(13)25-21(27)31)23-19(29)17(33-15)18-20(30)24-12-6-10-14(8-16(12)34-18)28(4-2)22(32)26-10/h5-8H,3-4H2,1-2H3,(H,23,29)(H,24,30)(H,25,31)(H,26,32)/b18-17+. The maximum Gasteiger partial charge on any atom is 0.326 e. The number of nitrogens with zero attached hydrogens (tertiary/aromatic N) is 2. The number of rotatable bonds is 2. The number of aryl methyl sites for hydroxylation is 2. The van der Waals surface area contributed by atoms with Gasteiger partial charge in [0.2, 0.25) is 0 Å². The van der Waals surface area contributed by atoms with Gasteiger partial charge in [0, 0.05) is 22.9 Å². The largest absolute Gasteiger partial charge is 0.326 e. The van der Waals surface area contributed by atoms with E-state index in [1.165, 1.54) is 23.5 Å². The summed E-state index contributed by atoms with van der Waals surface area (Å²) in [6, 6.07) is 7.17. The highest BCUT2D eigenvalue weighted by molar-refractivity contribution is 8.08. The summed E-state index contributed by atoms with van der Waals surface area (Å²) in [6.07, 6.45) is 0. The quantitative estimate of drug-likeness (QED) is 0.317. The van der Waals surface area contributed by atoms with E-state index in [0.717, 1.165) is 20.8 Å². The molecule has 0 spiro atoms. The van der Waals surface area contributed by atoms with E-state index >= 15 is 0 Å². The average Bonchev–Trinajstić information content (AvgIpc) is 3.28. The molecule has 0 saturated carbocycles. The zero-order valence-electron chi connectivity index (χ0n) is 18.1. The predicted molar refractivity (Wildman–Crippen MR) is 132 cm³/mol. The second kappa shape index (κ2) is 7.43. The summed E-state index contributed by atoms with van der Waals surface area (Å²) in [5, 5.41) is 5.70. The lowest BCUT2D eigenvalue weighted by Crippen LogP contribution is -2.24. The molecule has 0 bridgehead atoms. The first kappa shape index (κ1) is 20.9. The number of hydrogen-bond acceptors (Lipinski definition) is 6. The van der Waals surface area contributed by atoms with Crippen molar-refractivity contribution in [3.63, 3.8) is 0 Å². The molecule has 2 aromatic heterocycles. The molecule has 6 rings (SSSR count). The van der Waals surface area contributed by atoms with Gasteiger partial charge in [-0.2, -0.15) is 0 Å². The molecule has 2 aliphatic rings. The molecule has 2 aliphatic heterocycles. The van der Waals surface area contributed by atoms with Gasteiger partial charge in [0.05, 0.1) is 43.3 Å². The molecule has 0 atom stereocenters. The molecule has 4 aromatic rings. The molecule has 4 heterocycles. The lowest BCUT2D eigenvalue weighted by Gasteiger charge is -2.24. The van der Waals surface area contributed by atoms with Crippen LogP contribution in [0.25, 0.3) is 22.1 Å². The number of imidazole rings is 2. The lowest BCUT2D eigenvalue weighted by atomic mass is 10.2. The molecular formula is C22H18N6O4S2. The van der Waals surface area contributed by atoms with Crippen molar-refractivity contribution >= 4 is 68.8 Å². The number of H-pyrrole nitrogens is 2. The maximum atomic E-state index is 13.0. The van der Waals surface area contributed by atoms with Crippen LogP contribution in [0.4, 0.5) is 11.4 Å². The Morgan fingerprint density at radius 1 is 0.676 bits per heavy atom. The third-order valence-corrected chi connectivity index (χ3v) is 8.35. The summed E-state index contributed by atoms with van der Waals surface area (Å²) in [7, 11) is 0. The number of thioether (sulfide) groups is 2. The van der Waals surface area contributed by atoms with Gasteiger partial charge in [-0.05, 0) is 38.1 Å². The van der Waals surface area contributed by atoms with E-state index in [1.807, 2.05) is 26.0 Å². The molecule has 0 aliphatic carbocycles. The fourth-order valence-corrected chi connectivity index (χ4v) is 6.46. The van der Waals surface area contributed by atoms with Gasteiger partial charge in [-0.3, -0.25) is 18.7 Å². The molecule has 172 valence electrons. The molecule has 0 fully saturated rings. The first-order chi connectivity index (χ1) is 16.4. The molecule has 0 unspecified atom stereocenters. The molecule has 2 amide bonds. The van der Waals surface area contributed by atoms with E-state index in [4.69, 9.17) is 0 Å². The van der Waals surface area contributed by atoms with Gasteiger partial charge in [0.1, 0.15) is 0 Å². The van der Waals surface area contributed by atoms with Crippen LogP contribution in [-0.2, 0) is 22.7 Å². The smallest absolute Gasteiger partial charge is 0.320 e. The van der Waals surface area contributed by atoms with E-state index in [9.17, 15) is 19.2 Å². The Balaban J connectivity index is 1.46. The van der Waals surface area contributed by atoms with Gasteiger partial charge in [0.15, 0.2) is 0 Å².